The fraction of sp³-hybridized carbons (Fsp3) is 0.571. The Bertz CT molecular complexity index is 654. The van der Waals surface area contributed by atoms with Gasteiger partial charge >= 0.3 is 6.18 Å². The van der Waals surface area contributed by atoms with Gasteiger partial charge in [0.1, 0.15) is 0 Å². The van der Waals surface area contributed by atoms with Gasteiger partial charge in [0.05, 0.1) is 11.1 Å². The number of nitrogens with zero attached hydrogens (tertiary/aromatic N) is 3. The number of nitrogens with two attached hydrogens (primary N) is 1. The number of rotatable bonds is 1. The molecule has 0 aromatic carbocycles. The summed E-state index contributed by atoms with van der Waals surface area (Å²) in [5, 5.41) is 8.01. The molecular formula is C14H17F3N4. The summed E-state index contributed by atoms with van der Waals surface area (Å²) in [6.45, 7) is 2.16. The standard InChI is InChI=1S/C14H17F3N4/c1-9-4-6-13(18,7-5-9)12-20-19-11-3-2-10(8-21(11)12)14(15,16)17/h2-3,8-9H,4-7,18H2,1H3. The van der Waals surface area contributed by atoms with Gasteiger partial charge in [0.15, 0.2) is 11.5 Å². The molecule has 0 bridgehead atoms. The topological polar surface area (TPSA) is 56.2 Å². The minimum Gasteiger partial charge on any atom is -0.319 e. The van der Waals surface area contributed by atoms with E-state index in [1.165, 1.54) is 10.5 Å². The molecule has 114 valence electrons. The van der Waals surface area contributed by atoms with Crippen LogP contribution in [-0.2, 0) is 11.7 Å². The monoisotopic (exact) mass is 298 g/mol. The molecular weight excluding hydrogens is 281 g/mol. The lowest BCUT2D eigenvalue weighted by Crippen LogP contribution is -2.42. The summed E-state index contributed by atoms with van der Waals surface area (Å²) in [6.07, 6.45) is -0.0267. The second-order valence-corrected chi connectivity index (χ2v) is 6.01. The number of fused-ring (bicyclic) bond motifs is 1. The smallest absolute Gasteiger partial charge is 0.319 e. The molecule has 2 aromatic rings. The fourth-order valence-electron chi connectivity index (χ4n) is 2.90. The Morgan fingerprint density at radius 3 is 2.52 bits per heavy atom. The van der Waals surface area contributed by atoms with Crippen LogP contribution < -0.4 is 5.73 Å². The van der Waals surface area contributed by atoms with Crippen molar-refractivity contribution in [3.05, 3.63) is 29.7 Å². The summed E-state index contributed by atoms with van der Waals surface area (Å²) in [5.41, 5.74) is 5.38. The highest BCUT2D eigenvalue weighted by atomic mass is 19.4. The molecule has 4 nitrogen and oxygen atoms in total. The molecule has 21 heavy (non-hydrogen) atoms. The lowest BCUT2D eigenvalue weighted by Gasteiger charge is -2.34. The van der Waals surface area contributed by atoms with Crippen LogP contribution in [0.5, 0.6) is 0 Å². The van der Waals surface area contributed by atoms with Crippen molar-refractivity contribution in [3.63, 3.8) is 0 Å². The SMILES string of the molecule is CC1CCC(N)(c2nnc3ccc(C(F)(F)F)cn23)CC1. The van der Waals surface area contributed by atoms with Crippen LogP contribution in [0.1, 0.15) is 44.0 Å². The molecule has 1 aliphatic carbocycles. The van der Waals surface area contributed by atoms with Crippen LogP contribution >= 0.6 is 0 Å². The molecule has 0 radical (unpaired) electrons. The first-order valence-electron chi connectivity index (χ1n) is 7.01. The Kier molecular flexibility index (Phi) is 3.20. The van der Waals surface area contributed by atoms with E-state index in [-0.39, 0.29) is 0 Å². The largest absolute Gasteiger partial charge is 0.417 e. The summed E-state index contributed by atoms with van der Waals surface area (Å²) in [7, 11) is 0. The van der Waals surface area contributed by atoms with Gasteiger partial charge in [-0.3, -0.25) is 4.40 Å². The third kappa shape index (κ3) is 2.50. The van der Waals surface area contributed by atoms with Crippen molar-refractivity contribution in [1.82, 2.24) is 14.6 Å². The predicted molar refractivity (Wildman–Crippen MR) is 71.5 cm³/mol. The molecule has 2 aromatic heterocycles. The van der Waals surface area contributed by atoms with Crippen molar-refractivity contribution in [2.75, 3.05) is 0 Å². The van der Waals surface area contributed by atoms with Crippen molar-refractivity contribution in [3.8, 4) is 0 Å². The molecule has 2 N–H and O–H groups in total. The summed E-state index contributed by atoms with van der Waals surface area (Å²) in [5.74, 6) is 1.02. The van der Waals surface area contributed by atoms with Gasteiger partial charge in [-0.15, -0.1) is 10.2 Å². The van der Waals surface area contributed by atoms with Gasteiger partial charge in [-0.05, 0) is 43.7 Å². The van der Waals surface area contributed by atoms with E-state index in [2.05, 4.69) is 17.1 Å². The summed E-state index contributed by atoms with van der Waals surface area (Å²) in [6, 6.07) is 2.34. The Morgan fingerprint density at radius 2 is 1.90 bits per heavy atom. The molecule has 0 spiro atoms. The highest BCUT2D eigenvalue weighted by Gasteiger charge is 2.37. The third-order valence-corrected chi connectivity index (χ3v) is 4.34. The number of hydrogen-bond donors (Lipinski definition) is 1. The fourth-order valence-corrected chi connectivity index (χ4v) is 2.90. The predicted octanol–water partition coefficient (Wildman–Crippen LogP) is 3.11. The molecule has 0 saturated heterocycles. The van der Waals surface area contributed by atoms with Gasteiger partial charge < -0.3 is 5.73 Å². The molecule has 2 heterocycles. The summed E-state index contributed by atoms with van der Waals surface area (Å²) in [4.78, 5) is 0. The van der Waals surface area contributed by atoms with E-state index in [0.717, 1.165) is 25.1 Å². The van der Waals surface area contributed by atoms with Crippen LogP contribution in [0.25, 0.3) is 5.65 Å². The minimum absolute atomic E-state index is 0.390. The van der Waals surface area contributed by atoms with Crippen molar-refractivity contribution in [1.29, 1.82) is 0 Å². The Balaban J connectivity index is 2.07. The number of pyridine rings is 1. The highest BCUT2D eigenvalue weighted by Crippen LogP contribution is 2.37. The molecule has 7 heteroatoms. The van der Waals surface area contributed by atoms with Crippen molar-refractivity contribution < 1.29 is 13.2 Å². The van der Waals surface area contributed by atoms with Crippen LogP contribution in [0.4, 0.5) is 13.2 Å². The lowest BCUT2D eigenvalue weighted by atomic mass is 9.77. The van der Waals surface area contributed by atoms with Crippen LogP contribution in [0.15, 0.2) is 18.3 Å². The Labute approximate surface area is 120 Å². The van der Waals surface area contributed by atoms with Crippen molar-refractivity contribution in [2.45, 2.75) is 44.3 Å². The van der Waals surface area contributed by atoms with E-state index >= 15 is 0 Å². The second kappa shape index (κ2) is 4.69. The van der Waals surface area contributed by atoms with Crippen LogP contribution in [0.2, 0.25) is 0 Å². The average Bonchev–Trinajstić information content (AvgIpc) is 2.85. The van der Waals surface area contributed by atoms with Gasteiger partial charge in [-0.1, -0.05) is 6.92 Å². The molecule has 1 saturated carbocycles. The maximum Gasteiger partial charge on any atom is 0.417 e. The number of aromatic nitrogens is 3. The number of alkyl halides is 3. The maximum atomic E-state index is 12.9. The van der Waals surface area contributed by atoms with Gasteiger partial charge in [0.25, 0.3) is 0 Å². The van der Waals surface area contributed by atoms with Gasteiger partial charge in [0, 0.05) is 6.20 Å². The maximum absolute atomic E-state index is 12.9. The van der Waals surface area contributed by atoms with E-state index in [9.17, 15) is 13.2 Å². The molecule has 3 rings (SSSR count). The van der Waals surface area contributed by atoms with Gasteiger partial charge in [-0.2, -0.15) is 13.2 Å². The summed E-state index contributed by atoms with van der Waals surface area (Å²) < 4.78 is 40.0. The molecule has 0 aliphatic heterocycles. The van der Waals surface area contributed by atoms with Crippen LogP contribution in [0.3, 0.4) is 0 Å². The van der Waals surface area contributed by atoms with Crippen molar-refractivity contribution >= 4 is 5.65 Å². The quantitative estimate of drug-likeness (QED) is 0.880. The van der Waals surface area contributed by atoms with E-state index in [1.54, 1.807) is 0 Å². The molecule has 0 atom stereocenters. The van der Waals surface area contributed by atoms with Gasteiger partial charge in [0.2, 0.25) is 0 Å². The third-order valence-electron chi connectivity index (χ3n) is 4.34. The van der Waals surface area contributed by atoms with Crippen molar-refractivity contribution in [2.24, 2.45) is 11.7 Å². The van der Waals surface area contributed by atoms with E-state index in [4.69, 9.17) is 5.73 Å². The van der Waals surface area contributed by atoms with Crippen LogP contribution in [0, 0.1) is 5.92 Å². The first kappa shape index (κ1) is 14.3. The average molecular weight is 298 g/mol. The first-order valence-corrected chi connectivity index (χ1v) is 7.01. The van der Waals surface area contributed by atoms with E-state index in [0.29, 0.717) is 30.2 Å². The zero-order chi connectivity index (χ0) is 15.3. The molecule has 1 aliphatic rings. The molecule has 0 amide bonds. The Hall–Kier alpha value is -1.63. The highest BCUT2D eigenvalue weighted by molar-refractivity contribution is 5.41. The number of halogens is 3. The molecule has 0 unspecified atom stereocenters. The second-order valence-electron chi connectivity index (χ2n) is 6.01. The summed E-state index contributed by atoms with van der Waals surface area (Å²) >= 11 is 0. The molecule has 1 fully saturated rings. The normalized spacial score (nSPS) is 27.2. The zero-order valence-electron chi connectivity index (χ0n) is 11.7. The number of hydrogen-bond acceptors (Lipinski definition) is 3. The van der Waals surface area contributed by atoms with Gasteiger partial charge in [-0.25, -0.2) is 0 Å². The zero-order valence-corrected chi connectivity index (χ0v) is 11.7. The minimum atomic E-state index is -4.39. The van der Waals surface area contributed by atoms with E-state index < -0.39 is 17.3 Å². The van der Waals surface area contributed by atoms with E-state index in [1.807, 2.05) is 0 Å². The van der Waals surface area contributed by atoms with Crippen LogP contribution in [-0.4, -0.2) is 14.6 Å². The Morgan fingerprint density at radius 1 is 1.24 bits per heavy atom. The lowest BCUT2D eigenvalue weighted by molar-refractivity contribution is -0.137. The first-order chi connectivity index (χ1) is 9.79.